The normalized spacial score (nSPS) is 11.6. The Morgan fingerprint density at radius 1 is 1.06 bits per heavy atom. The van der Waals surface area contributed by atoms with Gasteiger partial charge in [0.1, 0.15) is 17.9 Å². The van der Waals surface area contributed by atoms with Gasteiger partial charge in [0, 0.05) is 18.2 Å². The van der Waals surface area contributed by atoms with Gasteiger partial charge in [-0.25, -0.2) is 13.9 Å². The molecule has 0 unspecified atom stereocenters. The Hall–Kier alpha value is -4.28. The van der Waals surface area contributed by atoms with Crippen LogP contribution in [0.2, 0.25) is 0 Å². The molecule has 2 heterocycles. The van der Waals surface area contributed by atoms with Crippen LogP contribution in [0, 0.1) is 5.82 Å². The lowest BCUT2D eigenvalue weighted by Crippen LogP contribution is -2.32. The summed E-state index contributed by atoms with van der Waals surface area (Å²) < 4.78 is 55.9. The second-order valence-electron chi connectivity index (χ2n) is 7.43. The van der Waals surface area contributed by atoms with Crippen molar-refractivity contribution in [3.8, 4) is 22.4 Å². The average Bonchev–Trinajstić information content (AvgIpc) is 3.21. The van der Waals surface area contributed by atoms with Gasteiger partial charge in [0.05, 0.1) is 11.9 Å². The van der Waals surface area contributed by atoms with Crippen molar-refractivity contribution in [1.29, 1.82) is 0 Å². The van der Waals surface area contributed by atoms with Gasteiger partial charge in [-0.1, -0.05) is 42.5 Å². The molecule has 0 aliphatic carbocycles. The molecule has 0 aliphatic heterocycles. The van der Waals surface area contributed by atoms with Gasteiger partial charge in [0.15, 0.2) is 11.3 Å². The van der Waals surface area contributed by atoms with Crippen LogP contribution in [0.5, 0.6) is 0 Å². The van der Waals surface area contributed by atoms with Crippen molar-refractivity contribution in [2.45, 2.75) is 6.18 Å². The highest BCUT2D eigenvalue weighted by Crippen LogP contribution is 2.33. The lowest BCUT2D eigenvalue weighted by molar-refractivity contribution is -0.142. The van der Waals surface area contributed by atoms with Crippen molar-refractivity contribution in [1.82, 2.24) is 19.5 Å². The molecule has 0 saturated heterocycles. The first-order valence-electron chi connectivity index (χ1n) is 9.85. The van der Waals surface area contributed by atoms with E-state index in [0.717, 1.165) is 17.2 Å². The molecule has 0 bridgehead atoms. The number of amides is 1. The van der Waals surface area contributed by atoms with Crippen LogP contribution >= 0.6 is 0 Å². The first-order chi connectivity index (χ1) is 16.1. The number of carbonyl (C=O) groups excluding carboxylic acids is 1. The number of halogens is 4. The number of benzene rings is 2. The van der Waals surface area contributed by atoms with Crippen molar-refractivity contribution in [3.05, 3.63) is 77.9 Å². The summed E-state index contributed by atoms with van der Waals surface area (Å²) in [4.78, 5) is 28.6. The maximum Gasteiger partial charge on any atom is 0.433 e. The van der Waals surface area contributed by atoms with Crippen molar-refractivity contribution in [2.24, 2.45) is 0 Å². The molecule has 0 aliphatic rings. The van der Waals surface area contributed by atoms with Crippen LogP contribution in [0.4, 0.5) is 17.6 Å². The number of carboxylic acids is 1. The number of nitrogens with zero attached hydrogens (tertiary/aromatic N) is 4. The Kier molecular flexibility index (Phi) is 5.78. The standard InChI is InChI=1S/C23H16F4N4O3/c1-30(12-20(32)33)22(34)16-11-28-31-19(23(25,26)27)10-18(29-21(16)31)14-8-6-13(7-9-14)15-4-2-3-5-17(15)24/h2-11H,12H2,1H3,(H,32,33). The number of aromatic nitrogens is 3. The van der Waals surface area contributed by atoms with Crippen molar-refractivity contribution < 1.29 is 32.3 Å². The minimum absolute atomic E-state index is 0.0876. The van der Waals surface area contributed by atoms with Crippen LogP contribution in [-0.4, -0.2) is 50.1 Å². The number of rotatable bonds is 5. The minimum Gasteiger partial charge on any atom is -0.480 e. The lowest BCUT2D eigenvalue weighted by Gasteiger charge is -2.14. The van der Waals surface area contributed by atoms with E-state index in [1.165, 1.54) is 25.2 Å². The van der Waals surface area contributed by atoms with Crippen molar-refractivity contribution in [3.63, 3.8) is 0 Å². The molecular weight excluding hydrogens is 456 g/mol. The van der Waals surface area contributed by atoms with E-state index in [2.05, 4.69) is 10.1 Å². The quantitative estimate of drug-likeness (QED) is 0.436. The molecule has 0 saturated carbocycles. The Morgan fingerprint density at radius 2 is 1.71 bits per heavy atom. The van der Waals surface area contributed by atoms with E-state index in [4.69, 9.17) is 5.11 Å². The number of likely N-dealkylation sites (N-methyl/N-ethyl adjacent to an activating group) is 1. The monoisotopic (exact) mass is 472 g/mol. The number of hydrogen-bond donors (Lipinski definition) is 1. The van der Waals surface area contributed by atoms with E-state index in [-0.39, 0.29) is 16.9 Å². The molecule has 174 valence electrons. The zero-order valence-electron chi connectivity index (χ0n) is 17.5. The van der Waals surface area contributed by atoms with Gasteiger partial charge in [-0.2, -0.15) is 18.3 Å². The van der Waals surface area contributed by atoms with E-state index in [0.29, 0.717) is 21.2 Å². The third kappa shape index (κ3) is 4.32. The van der Waals surface area contributed by atoms with Crippen LogP contribution in [-0.2, 0) is 11.0 Å². The van der Waals surface area contributed by atoms with Gasteiger partial charge in [-0.05, 0) is 17.7 Å². The molecule has 0 radical (unpaired) electrons. The second-order valence-corrected chi connectivity index (χ2v) is 7.43. The maximum absolute atomic E-state index is 14.1. The molecule has 0 spiro atoms. The largest absolute Gasteiger partial charge is 0.480 e. The lowest BCUT2D eigenvalue weighted by atomic mass is 10.0. The molecule has 2 aromatic carbocycles. The number of hydrogen-bond acceptors (Lipinski definition) is 4. The summed E-state index contributed by atoms with van der Waals surface area (Å²) in [5.41, 5.74) is -0.745. The fourth-order valence-corrected chi connectivity index (χ4v) is 3.46. The van der Waals surface area contributed by atoms with Crippen molar-refractivity contribution >= 4 is 17.5 Å². The molecule has 4 aromatic rings. The van der Waals surface area contributed by atoms with Gasteiger partial charge in [0.2, 0.25) is 0 Å². The number of carboxylic acid groups (broad SMARTS) is 1. The van der Waals surface area contributed by atoms with Crippen LogP contribution in [0.25, 0.3) is 28.0 Å². The molecule has 1 N–H and O–H groups in total. The highest BCUT2D eigenvalue weighted by atomic mass is 19.4. The first-order valence-corrected chi connectivity index (χ1v) is 9.85. The van der Waals surface area contributed by atoms with Crippen LogP contribution in [0.3, 0.4) is 0 Å². The number of carbonyl (C=O) groups is 2. The summed E-state index contributed by atoms with van der Waals surface area (Å²) in [6.07, 6.45) is -3.90. The summed E-state index contributed by atoms with van der Waals surface area (Å²) in [5, 5.41) is 12.6. The highest BCUT2D eigenvalue weighted by Gasteiger charge is 2.36. The smallest absolute Gasteiger partial charge is 0.433 e. The summed E-state index contributed by atoms with van der Waals surface area (Å²) in [6, 6.07) is 13.0. The topological polar surface area (TPSA) is 87.8 Å². The van der Waals surface area contributed by atoms with Gasteiger partial charge < -0.3 is 10.0 Å². The third-order valence-corrected chi connectivity index (χ3v) is 5.08. The van der Waals surface area contributed by atoms with E-state index in [9.17, 15) is 27.2 Å². The number of aliphatic carboxylic acids is 1. The van der Waals surface area contributed by atoms with Gasteiger partial charge >= 0.3 is 12.1 Å². The molecule has 1 amide bonds. The Bertz CT molecular complexity index is 1400. The van der Waals surface area contributed by atoms with E-state index in [1.54, 1.807) is 30.3 Å². The van der Waals surface area contributed by atoms with Gasteiger partial charge in [-0.3, -0.25) is 9.59 Å². The predicted molar refractivity (Wildman–Crippen MR) is 113 cm³/mol. The van der Waals surface area contributed by atoms with Crippen LogP contribution in [0.1, 0.15) is 16.1 Å². The number of alkyl halides is 3. The Balaban J connectivity index is 1.82. The van der Waals surface area contributed by atoms with Crippen LogP contribution < -0.4 is 0 Å². The second kappa shape index (κ2) is 8.58. The third-order valence-electron chi connectivity index (χ3n) is 5.08. The molecule has 34 heavy (non-hydrogen) atoms. The van der Waals surface area contributed by atoms with Gasteiger partial charge in [-0.15, -0.1) is 0 Å². The first kappa shape index (κ1) is 22.9. The fraction of sp³-hybridized carbons (Fsp3) is 0.130. The van der Waals surface area contributed by atoms with Crippen molar-refractivity contribution in [2.75, 3.05) is 13.6 Å². The Labute approximate surface area is 189 Å². The van der Waals surface area contributed by atoms with E-state index >= 15 is 0 Å². The molecule has 4 rings (SSSR count). The molecule has 2 aromatic heterocycles. The zero-order valence-corrected chi connectivity index (χ0v) is 17.5. The van der Waals surface area contributed by atoms with Crippen LogP contribution in [0.15, 0.2) is 60.8 Å². The average molecular weight is 472 g/mol. The highest BCUT2D eigenvalue weighted by molar-refractivity contribution is 6.00. The predicted octanol–water partition coefficient (Wildman–Crippen LogP) is 4.38. The maximum atomic E-state index is 14.1. The molecule has 11 heteroatoms. The van der Waals surface area contributed by atoms with E-state index < -0.39 is 36.1 Å². The summed E-state index contributed by atoms with van der Waals surface area (Å²) in [7, 11) is 1.20. The summed E-state index contributed by atoms with van der Waals surface area (Å²) in [5.74, 6) is -2.57. The minimum atomic E-state index is -4.82. The summed E-state index contributed by atoms with van der Waals surface area (Å²) in [6.45, 7) is -0.653. The summed E-state index contributed by atoms with van der Waals surface area (Å²) >= 11 is 0. The molecule has 7 nitrogen and oxygen atoms in total. The zero-order chi connectivity index (χ0) is 24.6. The number of fused-ring (bicyclic) bond motifs is 1. The van der Waals surface area contributed by atoms with Gasteiger partial charge in [0.25, 0.3) is 5.91 Å². The molecule has 0 fully saturated rings. The SMILES string of the molecule is CN(CC(=O)O)C(=O)c1cnn2c(C(F)(F)F)cc(-c3ccc(-c4ccccc4F)cc3)nc12. The fourth-order valence-electron chi connectivity index (χ4n) is 3.46. The molecular formula is C23H16F4N4O3. The Morgan fingerprint density at radius 3 is 2.32 bits per heavy atom. The van der Waals surface area contributed by atoms with E-state index in [1.807, 2.05) is 0 Å². The molecule has 0 atom stereocenters.